The smallest absolute Gasteiger partial charge is 0.148 e. The lowest BCUT2D eigenvalue weighted by molar-refractivity contribution is 0.632. The van der Waals surface area contributed by atoms with Gasteiger partial charge in [0.15, 0.2) is 0 Å². The molecule has 0 aliphatic carbocycles. The Bertz CT molecular complexity index is 560. The van der Waals surface area contributed by atoms with E-state index in [1.54, 1.807) is 12.1 Å². The van der Waals surface area contributed by atoms with Crippen molar-refractivity contribution in [3.63, 3.8) is 0 Å². The Balaban J connectivity index is 2.34. The second-order valence-electron chi connectivity index (χ2n) is 3.49. The molecule has 3 N–H and O–H groups in total. The van der Waals surface area contributed by atoms with E-state index in [1.807, 2.05) is 18.2 Å². The maximum Gasteiger partial charge on any atom is 0.148 e. The highest BCUT2D eigenvalue weighted by molar-refractivity contribution is 14.1. The average Bonchev–Trinajstić information content (AvgIpc) is 2.27. The first-order chi connectivity index (χ1) is 8.06. The molecule has 2 nitrogen and oxygen atoms in total. The van der Waals surface area contributed by atoms with Gasteiger partial charge in [-0.3, -0.25) is 0 Å². The second-order valence-corrected chi connectivity index (χ2v) is 5.59. The van der Waals surface area contributed by atoms with Crippen LogP contribution >= 0.6 is 38.5 Å². The third kappa shape index (κ3) is 3.10. The molecule has 0 radical (unpaired) electrons. The van der Waals surface area contributed by atoms with Gasteiger partial charge in [0.25, 0.3) is 0 Å². The largest absolute Gasteiger partial charge is 0.399 e. The standard InChI is InChI=1S/C12H9BrFIN2/c13-9-3-1-7(15)5-12(9)17-11-4-2-8(16)6-10(11)14/h1-6,17H,16H2. The topological polar surface area (TPSA) is 38.0 Å². The summed E-state index contributed by atoms with van der Waals surface area (Å²) in [6.07, 6.45) is 0. The lowest BCUT2D eigenvalue weighted by Crippen LogP contribution is -1.96. The fourth-order valence-corrected chi connectivity index (χ4v) is 2.21. The molecule has 0 heterocycles. The summed E-state index contributed by atoms with van der Waals surface area (Å²) >= 11 is 5.62. The number of benzene rings is 2. The lowest BCUT2D eigenvalue weighted by atomic mass is 10.2. The van der Waals surface area contributed by atoms with E-state index in [1.165, 1.54) is 6.07 Å². The minimum atomic E-state index is -0.365. The van der Waals surface area contributed by atoms with Crippen LogP contribution in [0, 0.1) is 9.39 Å². The van der Waals surface area contributed by atoms with Crippen molar-refractivity contribution in [2.24, 2.45) is 0 Å². The van der Waals surface area contributed by atoms with E-state index >= 15 is 0 Å². The number of nitrogens with two attached hydrogens (primary N) is 1. The maximum absolute atomic E-state index is 13.6. The number of nitrogens with one attached hydrogen (secondary N) is 1. The number of hydrogen-bond donors (Lipinski definition) is 2. The highest BCUT2D eigenvalue weighted by Gasteiger charge is 2.05. The lowest BCUT2D eigenvalue weighted by Gasteiger charge is -2.10. The van der Waals surface area contributed by atoms with Crippen LogP contribution in [-0.2, 0) is 0 Å². The number of halogens is 3. The predicted octanol–water partition coefficient (Wildman–Crippen LogP) is 4.52. The van der Waals surface area contributed by atoms with Gasteiger partial charge in [0.05, 0.1) is 11.4 Å². The van der Waals surface area contributed by atoms with E-state index in [0.717, 1.165) is 13.7 Å². The molecule has 0 aromatic heterocycles. The van der Waals surface area contributed by atoms with Crippen LogP contribution in [0.3, 0.4) is 0 Å². The number of rotatable bonds is 2. The molecule has 0 saturated carbocycles. The molecule has 0 saturated heterocycles. The van der Waals surface area contributed by atoms with Gasteiger partial charge in [-0.15, -0.1) is 0 Å². The Hall–Kier alpha value is -0.820. The van der Waals surface area contributed by atoms with Gasteiger partial charge in [0.2, 0.25) is 0 Å². The Kier molecular flexibility index (Phi) is 3.88. The molecule has 0 amide bonds. The first-order valence-corrected chi connectivity index (χ1v) is 6.70. The minimum absolute atomic E-state index is 0.365. The minimum Gasteiger partial charge on any atom is -0.399 e. The molecule has 2 rings (SSSR count). The van der Waals surface area contributed by atoms with E-state index in [9.17, 15) is 4.39 Å². The van der Waals surface area contributed by atoms with Crippen molar-refractivity contribution in [2.75, 3.05) is 11.1 Å². The van der Waals surface area contributed by atoms with Crippen LogP contribution in [0.25, 0.3) is 0 Å². The summed E-state index contributed by atoms with van der Waals surface area (Å²) in [5.74, 6) is -0.365. The molecule has 0 unspecified atom stereocenters. The van der Waals surface area contributed by atoms with Gasteiger partial charge in [-0.05, 0) is 74.9 Å². The Labute approximate surface area is 121 Å². The fourth-order valence-electron chi connectivity index (χ4n) is 1.37. The van der Waals surface area contributed by atoms with Gasteiger partial charge in [-0.25, -0.2) is 4.39 Å². The van der Waals surface area contributed by atoms with Crippen molar-refractivity contribution in [1.29, 1.82) is 0 Å². The van der Waals surface area contributed by atoms with Crippen LogP contribution in [0.1, 0.15) is 0 Å². The second kappa shape index (κ2) is 5.22. The third-order valence-electron chi connectivity index (χ3n) is 2.19. The van der Waals surface area contributed by atoms with Gasteiger partial charge < -0.3 is 11.1 Å². The molecule has 0 bridgehead atoms. The van der Waals surface area contributed by atoms with Crippen LogP contribution < -0.4 is 11.1 Å². The van der Waals surface area contributed by atoms with Crippen LogP contribution in [0.4, 0.5) is 21.5 Å². The van der Waals surface area contributed by atoms with Crippen LogP contribution in [0.2, 0.25) is 0 Å². The molecule has 0 aliphatic rings. The summed E-state index contributed by atoms with van der Waals surface area (Å²) in [5.41, 5.74) is 7.13. The Morgan fingerprint density at radius 1 is 1.12 bits per heavy atom. The predicted molar refractivity (Wildman–Crippen MR) is 81.0 cm³/mol. The van der Waals surface area contributed by atoms with E-state index in [0.29, 0.717) is 11.4 Å². The summed E-state index contributed by atoms with van der Waals surface area (Å²) in [7, 11) is 0. The highest BCUT2D eigenvalue weighted by Crippen LogP contribution is 2.29. The fraction of sp³-hybridized carbons (Fsp3) is 0. The van der Waals surface area contributed by atoms with Crippen molar-refractivity contribution in [1.82, 2.24) is 0 Å². The van der Waals surface area contributed by atoms with Crippen LogP contribution in [-0.4, -0.2) is 0 Å². The maximum atomic E-state index is 13.6. The summed E-state index contributed by atoms with van der Waals surface area (Å²) in [5, 5.41) is 3.03. The molecule has 5 heteroatoms. The molecule has 88 valence electrons. The normalized spacial score (nSPS) is 10.3. The SMILES string of the molecule is Nc1ccc(Nc2cc(I)ccc2Br)c(F)c1. The first kappa shape index (κ1) is 12.6. The molecule has 2 aromatic rings. The molecule has 0 fully saturated rings. The quantitative estimate of drug-likeness (QED) is 0.568. The van der Waals surface area contributed by atoms with Crippen molar-refractivity contribution < 1.29 is 4.39 Å². The zero-order valence-corrected chi connectivity index (χ0v) is 12.4. The van der Waals surface area contributed by atoms with Gasteiger partial charge in [0.1, 0.15) is 5.82 Å². The summed E-state index contributed by atoms with van der Waals surface area (Å²) < 4.78 is 15.6. The molecule has 17 heavy (non-hydrogen) atoms. The zero-order chi connectivity index (χ0) is 12.4. The third-order valence-corrected chi connectivity index (χ3v) is 3.55. The summed E-state index contributed by atoms with van der Waals surface area (Å²) in [4.78, 5) is 0. The number of hydrogen-bond acceptors (Lipinski definition) is 2. The monoisotopic (exact) mass is 406 g/mol. The molecular formula is C12H9BrFIN2. The Morgan fingerprint density at radius 2 is 1.88 bits per heavy atom. The summed E-state index contributed by atoms with van der Waals surface area (Å²) in [6.45, 7) is 0. The Morgan fingerprint density at radius 3 is 2.59 bits per heavy atom. The zero-order valence-electron chi connectivity index (χ0n) is 8.68. The van der Waals surface area contributed by atoms with Crippen molar-refractivity contribution in [3.05, 3.63) is 50.3 Å². The van der Waals surface area contributed by atoms with Crippen molar-refractivity contribution in [3.8, 4) is 0 Å². The molecule has 0 spiro atoms. The molecule has 0 atom stereocenters. The summed E-state index contributed by atoms with van der Waals surface area (Å²) in [6, 6.07) is 10.4. The van der Waals surface area contributed by atoms with Gasteiger partial charge in [-0.1, -0.05) is 0 Å². The van der Waals surface area contributed by atoms with Crippen molar-refractivity contribution in [2.45, 2.75) is 0 Å². The van der Waals surface area contributed by atoms with E-state index < -0.39 is 0 Å². The van der Waals surface area contributed by atoms with Crippen molar-refractivity contribution >= 4 is 55.6 Å². The molecule has 0 aliphatic heterocycles. The highest BCUT2D eigenvalue weighted by atomic mass is 127. The first-order valence-electron chi connectivity index (χ1n) is 4.83. The van der Waals surface area contributed by atoms with E-state index in [4.69, 9.17) is 5.73 Å². The van der Waals surface area contributed by atoms with Crippen LogP contribution in [0.15, 0.2) is 40.9 Å². The van der Waals surface area contributed by atoms with Gasteiger partial charge in [-0.2, -0.15) is 0 Å². The number of anilines is 3. The van der Waals surface area contributed by atoms with Gasteiger partial charge in [0, 0.05) is 13.7 Å². The molecule has 2 aromatic carbocycles. The average molecular weight is 407 g/mol. The molecular weight excluding hydrogens is 398 g/mol. The van der Waals surface area contributed by atoms with Crippen LogP contribution in [0.5, 0.6) is 0 Å². The number of nitrogen functional groups attached to an aromatic ring is 1. The van der Waals surface area contributed by atoms with E-state index in [2.05, 4.69) is 43.8 Å². The van der Waals surface area contributed by atoms with E-state index in [-0.39, 0.29) is 5.82 Å². The van der Waals surface area contributed by atoms with Gasteiger partial charge >= 0.3 is 0 Å².